The molecule has 1 fully saturated rings. The molecule has 0 N–H and O–H groups in total. The standard InChI is InChI=1S/C15H21NO/c1-13(17)7-8-15-9-10-16(12-15)11-14-5-3-2-4-6-14/h2-6,15H,7-12H2,1H3. The number of likely N-dealkylation sites (tertiary alicyclic amines) is 1. The van der Waals surface area contributed by atoms with Crippen LogP contribution in [0.1, 0.15) is 31.7 Å². The van der Waals surface area contributed by atoms with Crippen LogP contribution in [0.5, 0.6) is 0 Å². The molecule has 17 heavy (non-hydrogen) atoms. The molecule has 1 aliphatic heterocycles. The number of carbonyl (C=O) groups excluding carboxylic acids is 1. The molecule has 92 valence electrons. The molecule has 0 bridgehead atoms. The summed E-state index contributed by atoms with van der Waals surface area (Å²) in [6.07, 6.45) is 3.07. The number of benzene rings is 1. The minimum Gasteiger partial charge on any atom is -0.300 e. The topological polar surface area (TPSA) is 20.3 Å². The maximum absolute atomic E-state index is 11.0. The van der Waals surface area contributed by atoms with E-state index < -0.39 is 0 Å². The summed E-state index contributed by atoms with van der Waals surface area (Å²) >= 11 is 0. The van der Waals surface area contributed by atoms with Gasteiger partial charge >= 0.3 is 0 Å². The van der Waals surface area contributed by atoms with Gasteiger partial charge in [-0.2, -0.15) is 0 Å². The molecule has 1 atom stereocenters. The summed E-state index contributed by atoms with van der Waals surface area (Å²) in [7, 11) is 0. The monoisotopic (exact) mass is 231 g/mol. The molecule has 0 aliphatic carbocycles. The Morgan fingerprint density at radius 2 is 2.12 bits per heavy atom. The van der Waals surface area contributed by atoms with Gasteiger partial charge in [0.25, 0.3) is 0 Å². The van der Waals surface area contributed by atoms with Crippen LogP contribution in [0.15, 0.2) is 30.3 Å². The van der Waals surface area contributed by atoms with Gasteiger partial charge in [0.15, 0.2) is 0 Å². The van der Waals surface area contributed by atoms with Crippen molar-refractivity contribution in [3.05, 3.63) is 35.9 Å². The number of carbonyl (C=O) groups is 1. The highest BCUT2D eigenvalue weighted by molar-refractivity contribution is 5.75. The maximum atomic E-state index is 11.0. The van der Waals surface area contributed by atoms with E-state index >= 15 is 0 Å². The zero-order valence-electron chi connectivity index (χ0n) is 10.6. The van der Waals surface area contributed by atoms with E-state index in [1.54, 1.807) is 6.92 Å². The number of hydrogen-bond acceptors (Lipinski definition) is 2. The first-order valence-electron chi connectivity index (χ1n) is 6.50. The van der Waals surface area contributed by atoms with Crippen LogP contribution in [-0.2, 0) is 11.3 Å². The van der Waals surface area contributed by atoms with E-state index in [2.05, 4.69) is 35.2 Å². The van der Waals surface area contributed by atoms with Crippen LogP contribution < -0.4 is 0 Å². The largest absolute Gasteiger partial charge is 0.300 e. The van der Waals surface area contributed by atoms with Gasteiger partial charge in [-0.3, -0.25) is 4.90 Å². The number of ketones is 1. The quantitative estimate of drug-likeness (QED) is 0.776. The summed E-state index contributed by atoms with van der Waals surface area (Å²) in [5.41, 5.74) is 1.39. The Balaban J connectivity index is 1.76. The lowest BCUT2D eigenvalue weighted by atomic mass is 10.0. The molecule has 1 aromatic rings. The zero-order valence-corrected chi connectivity index (χ0v) is 10.6. The van der Waals surface area contributed by atoms with E-state index in [0.29, 0.717) is 5.78 Å². The molecular weight excluding hydrogens is 210 g/mol. The molecule has 1 heterocycles. The van der Waals surface area contributed by atoms with Gasteiger partial charge in [0.1, 0.15) is 5.78 Å². The van der Waals surface area contributed by atoms with Crippen molar-refractivity contribution in [1.82, 2.24) is 4.90 Å². The summed E-state index contributed by atoms with van der Waals surface area (Å²) in [6, 6.07) is 10.6. The third kappa shape index (κ3) is 3.97. The van der Waals surface area contributed by atoms with Crippen molar-refractivity contribution in [1.29, 1.82) is 0 Å². The Morgan fingerprint density at radius 3 is 2.82 bits per heavy atom. The Bertz CT molecular complexity index is 360. The number of rotatable bonds is 5. The number of Topliss-reactive ketones (excluding diaryl/α,β-unsaturated/α-hetero) is 1. The van der Waals surface area contributed by atoms with E-state index in [1.165, 1.54) is 18.5 Å². The fourth-order valence-electron chi connectivity index (χ4n) is 2.54. The molecule has 2 heteroatoms. The molecule has 2 rings (SSSR count). The van der Waals surface area contributed by atoms with Crippen molar-refractivity contribution >= 4 is 5.78 Å². The maximum Gasteiger partial charge on any atom is 0.129 e. The third-order valence-corrected chi connectivity index (χ3v) is 3.52. The summed E-state index contributed by atoms with van der Waals surface area (Å²) < 4.78 is 0. The van der Waals surface area contributed by atoms with Crippen molar-refractivity contribution in [3.8, 4) is 0 Å². The van der Waals surface area contributed by atoms with Crippen LogP contribution in [0, 0.1) is 5.92 Å². The lowest BCUT2D eigenvalue weighted by molar-refractivity contribution is -0.117. The van der Waals surface area contributed by atoms with Gasteiger partial charge in [0, 0.05) is 19.5 Å². The predicted molar refractivity (Wildman–Crippen MR) is 69.7 cm³/mol. The molecule has 0 amide bonds. The fraction of sp³-hybridized carbons (Fsp3) is 0.533. The molecule has 0 saturated carbocycles. The SMILES string of the molecule is CC(=O)CCC1CCN(Cc2ccccc2)C1. The highest BCUT2D eigenvalue weighted by Gasteiger charge is 2.22. The van der Waals surface area contributed by atoms with Crippen LogP contribution >= 0.6 is 0 Å². The summed E-state index contributed by atoms with van der Waals surface area (Å²) in [6.45, 7) is 5.08. The first kappa shape index (κ1) is 12.3. The predicted octanol–water partition coefficient (Wildman–Crippen LogP) is 2.88. The van der Waals surface area contributed by atoms with E-state index in [0.717, 1.165) is 31.8 Å². The molecule has 1 aromatic carbocycles. The van der Waals surface area contributed by atoms with Gasteiger partial charge in [-0.05, 0) is 37.8 Å². The highest BCUT2D eigenvalue weighted by Crippen LogP contribution is 2.22. The van der Waals surface area contributed by atoms with E-state index in [1.807, 2.05) is 0 Å². The third-order valence-electron chi connectivity index (χ3n) is 3.52. The average molecular weight is 231 g/mol. The summed E-state index contributed by atoms with van der Waals surface area (Å²) in [5.74, 6) is 1.05. The molecular formula is C15H21NO. The lowest BCUT2D eigenvalue weighted by Gasteiger charge is -2.15. The van der Waals surface area contributed by atoms with E-state index in [9.17, 15) is 4.79 Å². The summed E-state index contributed by atoms with van der Waals surface area (Å²) in [5, 5.41) is 0. The molecule has 1 aliphatic rings. The average Bonchev–Trinajstić information content (AvgIpc) is 2.75. The van der Waals surface area contributed by atoms with Crippen LogP contribution in [0.25, 0.3) is 0 Å². The minimum absolute atomic E-state index is 0.325. The van der Waals surface area contributed by atoms with Crippen molar-refractivity contribution in [2.24, 2.45) is 5.92 Å². The molecule has 2 nitrogen and oxygen atoms in total. The number of hydrogen-bond donors (Lipinski definition) is 0. The second kappa shape index (κ2) is 5.97. The molecule has 1 unspecified atom stereocenters. The fourth-order valence-corrected chi connectivity index (χ4v) is 2.54. The van der Waals surface area contributed by atoms with E-state index in [4.69, 9.17) is 0 Å². The Morgan fingerprint density at radius 1 is 1.35 bits per heavy atom. The van der Waals surface area contributed by atoms with Crippen LogP contribution in [-0.4, -0.2) is 23.8 Å². The zero-order chi connectivity index (χ0) is 12.1. The second-order valence-electron chi connectivity index (χ2n) is 5.12. The highest BCUT2D eigenvalue weighted by atomic mass is 16.1. The Labute approximate surface area is 104 Å². The van der Waals surface area contributed by atoms with Gasteiger partial charge in [0.05, 0.1) is 0 Å². The first-order valence-corrected chi connectivity index (χ1v) is 6.50. The van der Waals surface area contributed by atoms with Gasteiger partial charge < -0.3 is 4.79 Å². The molecule has 1 saturated heterocycles. The van der Waals surface area contributed by atoms with Crippen molar-refractivity contribution in [3.63, 3.8) is 0 Å². The molecule has 0 spiro atoms. The van der Waals surface area contributed by atoms with Gasteiger partial charge in [-0.15, -0.1) is 0 Å². The van der Waals surface area contributed by atoms with E-state index in [-0.39, 0.29) is 0 Å². The minimum atomic E-state index is 0.325. The molecule has 0 radical (unpaired) electrons. The Hall–Kier alpha value is -1.15. The normalized spacial score (nSPS) is 20.6. The van der Waals surface area contributed by atoms with Crippen molar-refractivity contribution in [2.75, 3.05) is 13.1 Å². The molecule has 0 aromatic heterocycles. The smallest absolute Gasteiger partial charge is 0.129 e. The van der Waals surface area contributed by atoms with Crippen molar-refractivity contribution in [2.45, 2.75) is 32.7 Å². The Kier molecular flexibility index (Phi) is 4.32. The first-order chi connectivity index (χ1) is 8.24. The van der Waals surface area contributed by atoms with Crippen LogP contribution in [0.2, 0.25) is 0 Å². The van der Waals surface area contributed by atoms with Crippen molar-refractivity contribution < 1.29 is 4.79 Å². The van der Waals surface area contributed by atoms with Gasteiger partial charge in [-0.25, -0.2) is 0 Å². The lowest BCUT2D eigenvalue weighted by Crippen LogP contribution is -2.20. The van der Waals surface area contributed by atoms with Crippen LogP contribution in [0.4, 0.5) is 0 Å². The van der Waals surface area contributed by atoms with Gasteiger partial charge in [-0.1, -0.05) is 30.3 Å². The summed E-state index contributed by atoms with van der Waals surface area (Å²) in [4.78, 5) is 13.5. The second-order valence-corrected chi connectivity index (χ2v) is 5.12. The van der Waals surface area contributed by atoms with Crippen LogP contribution in [0.3, 0.4) is 0 Å². The van der Waals surface area contributed by atoms with Gasteiger partial charge in [0.2, 0.25) is 0 Å². The number of nitrogens with zero attached hydrogens (tertiary/aromatic N) is 1.